The molecule has 35 heavy (non-hydrogen) atoms. The van der Waals surface area contributed by atoms with E-state index >= 15 is 0 Å². The van der Waals surface area contributed by atoms with Crippen LogP contribution in [-0.2, 0) is 21.4 Å². The minimum absolute atomic E-state index is 0.200. The maximum atomic E-state index is 13.1. The van der Waals surface area contributed by atoms with Gasteiger partial charge in [0.05, 0.1) is 4.90 Å². The molecule has 2 aromatic rings. The van der Waals surface area contributed by atoms with E-state index in [1.165, 1.54) is 16.4 Å². The Bertz CT molecular complexity index is 1130. The molecule has 10 heteroatoms. The first-order chi connectivity index (χ1) is 16.7. The van der Waals surface area contributed by atoms with Crippen LogP contribution in [0.3, 0.4) is 0 Å². The van der Waals surface area contributed by atoms with E-state index in [0.717, 1.165) is 23.6 Å². The number of benzene rings is 2. The number of hydrogen-bond donors (Lipinski definition) is 1. The lowest BCUT2D eigenvalue weighted by Crippen LogP contribution is -2.48. The Balaban J connectivity index is 1.30. The Morgan fingerprint density at radius 2 is 1.69 bits per heavy atom. The number of fused-ring (bicyclic) bond motifs is 1. The fraction of sp³-hybridized carbons (Fsp3) is 0.480. The smallest absolute Gasteiger partial charge is 0.260 e. The van der Waals surface area contributed by atoms with Gasteiger partial charge in [-0.2, -0.15) is 4.31 Å². The zero-order valence-electron chi connectivity index (χ0n) is 20.4. The van der Waals surface area contributed by atoms with Crippen LogP contribution < -0.4 is 19.5 Å². The van der Waals surface area contributed by atoms with Crippen molar-refractivity contribution in [3.05, 3.63) is 48.0 Å². The van der Waals surface area contributed by atoms with E-state index in [1.807, 2.05) is 32.0 Å². The van der Waals surface area contributed by atoms with E-state index in [9.17, 15) is 13.2 Å². The number of nitrogens with zero attached hydrogens (tertiary/aromatic N) is 2. The van der Waals surface area contributed by atoms with Gasteiger partial charge in [-0.15, -0.1) is 0 Å². The van der Waals surface area contributed by atoms with Gasteiger partial charge in [0.25, 0.3) is 5.91 Å². The maximum Gasteiger partial charge on any atom is 0.260 e. The average molecular weight is 504 g/mol. The third-order valence-electron chi connectivity index (χ3n) is 6.00. The Kier molecular flexibility index (Phi) is 7.83. The molecule has 0 aromatic heterocycles. The summed E-state index contributed by atoms with van der Waals surface area (Å²) in [6.45, 7) is 9.35. The minimum atomic E-state index is -3.61. The van der Waals surface area contributed by atoms with Crippen LogP contribution in [-0.4, -0.2) is 69.2 Å². The van der Waals surface area contributed by atoms with Crippen LogP contribution in [0.5, 0.6) is 17.2 Å². The zero-order chi connectivity index (χ0) is 25.0. The van der Waals surface area contributed by atoms with Gasteiger partial charge in [-0.05, 0) is 54.8 Å². The number of carbonyl (C=O) groups is 1. The topological polar surface area (TPSA) is 97.4 Å². The number of amides is 1. The van der Waals surface area contributed by atoms with Crippen molar-refractivity contribution in [2.45, 2.75) is 38.3 Å². The molecule has 1 fully saturated rings. The summed E-state index contributed by atoms with van der Waals surface area (Å²) >= 11 is 0. The number of hydrogen-bond acceptors (Lipinski definition) is 7. The number of carbonyl (C=O) groups excluding carboxylic acids is 1. The highest BCUT2D eigenvalue weighted by atomic mass is 32.2. The van der Waals surface area contributed by atoms with Crippen molar-refractivity contribution in [2.75, 3.05) is 39.5 Å². The van der Waals surface area contributed by atoms with Crippen LogP contribution >= 0.6 is 0 Å². The van der Waals surface area contributed by atoms with E-state index < -0.39 is 16.1 Å². The first-order valence-corrected chi connectivity index (χ1v) is 13.3. The van der Waals surface area contributed by atoms with Gasteiger partial charge in [0.1, 0.15) is 5.75 Å². The van der Waals surface area contributed by atoms with Gasteiger partial charge in [0, 0.05) is 39.3 Å². The molecule has 1 amide bonds. The van der Waals surface area contributed by atoms with Crippen molar-refractivity contribution in [3.63, 3.8) is 0 Å². The summed E-state index contributed by atoms with van der Waals surface area (Å²) in [5.41, 5.74) is 1.10. The summed E-state index contributed by atoms with van der Waals surface area (Å²) in [5, 5.41) is 2.83. The molecular weight excluding hydrogens is 470 g/mol. The predicted molar refractivity (Wildman–Crippen MR) is 131 cm³/mol. The van der Waals surface area contributed by atoms with Crippen molar-refractivity contribution in [3.8, 4) is 17.2 Å². The fourth-order valence-electron chi connectivity index (χ4n) is 3.97. The lowest BCUT2D eigenvalue weighted by atomic mass is 10.2. The zero-order valence-corrected chi connectivity index (χ0v) is 21.2. The SMILES string of the molecule is CC(C)CNC(=O)[C@H](C)Oc1ccc(S(=O)(=O)N2CCN(Cc3ccc4c(c3)OCO4)CC2)cc1. The Morgan fingerprint density at radius 3 is 2.37 bits per heavy atom. The van der Waals surface area contributed by atoms with Crippen LogP contribution in [0.4, 0.5) is 0 Å². The lowest BCUT2D eigenvalue weighted by molar-refractivity contribution is -0.127. The third-order valence-corrected chi connectivity index (χ3v) is 7.92. The molecule has 9 nitrogen and oxygen atoms in total. The van der Waals surface area contributed by atoms with Crippen molar-refractivity contribution in [2.24, 2.45) is 5.92 Å². The van der Waals surface area contributed by atoms with Crippen LogP contribution in [0.15, 0.2) is 47.4 Å². The Morgan fingerprint density at radius 1 is 1.00 bits per heavy atom. The van der Waals surface area contributed by atoms with Crippen LogP contribution in [0.1, 0.15) is 26.3 Å². The molecule has 190 valence electrons. The quantitative estimate of drug-likeness (QED) is 0.561. The fourth-order valence-corrected chi connectivity index (χ4v) is 5.39. The van der Waals surface area contributed by atoms with Crippen molar-refractivity contribution < 1.29 is 27.4 Å². The second kappa shape index (κ2) is 10.8. The average Bonchev–Trinajstić information content (AvgIpc) is 3.31. The molecular formula is C25H33N3O6S. The summed E-state index contributed by atoms with van der Waals surface area (Å²) in [7, 11) is -3.61. The number of nitrogens with one attached hydrogen (secondary N) is 1. The molecule has 2 heterocycles. The number of sulfonamides is 1. The number of ether oxygens (including phenoxy) is 3. The van der Waals surface area contributed by atoms with Crippen LogP contribution in [0.25, 0.3) is 0 Å². The highest BCUT2D eigenvalue weighted by molar-refractivity contribution is 7.89. The summed E-state index contributed by atoms with van der Waals surface area (Å²) in [5.74, 6) is 2.10. The molecule has 0 saturated carbocycles. The molecule has 1 N–H and O–H groups in total. The van der Waals surface area contributed by atoms with E-state index in [4.69, 9.17) is 14.2 Å². The van der Waals surface area contributed by atoms with Crippen molar-refractivity contribution in [1.29, 1.82) is 0 Å². The van der Waals surface area contributed by atoms with E-state index in [1.54, 1.807) is 19.1 Å². The highest BCUT2D eigenvalue weighted by Gasteiger charge is 2.29. The Labute approximate surface area is 207 Å². The minimum Gasteiger partial charge on any atom is -0.481 e. The molecule has 0 bridgehead atoms. The van der Waals surface area contributed by atoms with Crippen molar-refractivity contribution >= 4 is 15.9 Å². The van der Waals surface area contributed by atoms with E-state index in [2.05, 4.69) is 10.2 Å². The van der Waals surface area contributed by atoms with E-state index in [0.29, 0.717) is 44.4 Å². The summed E-state index contributed by atoms with van der Waals surface area (Å²) in [6, 6.07) is 12.1. The monoisotopic (exact) mass is 503 g/mol. The molecule has 2 aliphatic heterocycles. The Hall–Kier alpha value is -2.82. The van der Waals surface area contributed by atoms with Gasteiger partial charge in [0.15, 0.2) is 17.6 Å². The third kappa shape index (κ3) is 6.25. The molecule has 0 spiro atoms. The van der Waals surface area contributed by atoms with E-state index in [-0.39, 0.29) is 17.6 Å². The summed E-state index contributed by atoms with van der Waals surface area (Å²) in [6.07, 6.45) is -0.672. The molecule has 1 saturated heterocycles. The first kappa shape index (κ1) is 25.3. The first-order valence-electron chi connectivity index (χ1n) is 11.9. The van der Waals surface area contributed by atoms with Gasteiger partial charge >= 0.3 is 0 Å². The molecule has 0 radical (unpaired) electrons. The van der Waals surface area contributed by atoms with Crippen molar-refractivity contribution in [1.82, 2.24) is 14.5 Å². The van der Waals surface area contributed by atoms with Gasteiger partial charge < -0.3 is 19.5 Å². The second-order valence-corrected chi connectivity index (χ2v) is 11.2. The number of piperazine rings is 1. The molecule has 2 aliphatic rings. The summed E-state index contributed by atoms with van der Waals surface area (Å²) < 4.78 is 44.3. The molecule has 0 unspecified atom stereocenters. The normalized spacial score (nSPS) is 17.4. The maximum absolute atomic E-state index is 13.1. The van der Waals surface area contributed by atoms with Gasteiger partial charge in [-0.3, -0.25) is 9.69 Å². The molecule has 4 rings (SSSR count). The largest absolute Gasteiger partial charge is 0.481 e. The molecule has 0 aliphatic carbocycles. The van der Waals surface area contributed by atoms with Crippen LogP contribution in [0.2, 0.25) is 0 Å². The van der Waals surface area contributed by atoms with Gasteiger partial charge in [0.2, 0.25) is 16.8 Å². The number of rotatable bonds is 9. The molecule has 1 atom stereocenters. The summed E-state index contributed by atoms with van der Waals surface area (Å²) in [4.78, 5) is 14.6. The van der Waals surface area contributed by atoms with Gasteiger partial charge in [-0.25, -0.2) is 8.42 Å². The highest BCUT2D eigenvalue weighted by Crippen LogP contribution is 2.33. The van der Waals surface area contributed by atoms with Crippen LogP contribution in [0, 0.1) is 5.92 Å². The molecule has 2 aromatic carbocycles. The predicted octanol–water partition coefficient (Wildman–Crippen LogP) is 2.46. The van der Waals surface area contributed by atoms with Gasteiger partial charge in [-0.1, -0.05) is 19.9 Å². The lowest BCUT2D eigenvalue weighted by Gasteiger charge is -2.34. The second-order valence-electron chi connectivity index (χ2n) is 9.24. The standard InChI is InChI=1S/C25H33N3O6S/c1-18(2)15-26-25(29)19(3)34-21-5-7-22(8-6-21)35(30,31)28-12-10-27(11-13-28)16-20-4-9-23-24(14-20)33-17-32-23/h4-9,14,18-19H,10-13,15-17H2,1-3H3,(H,26,29)/t19-/m0/s1.